The Bertz CT molecular complexity index is 1110. The highest BCUT2D eigenvalue weighted by Gasteiger charge is 2.19. The summed E-state index contributed by atoms with van der Waals surface area (Å²) in [5.41, 5.74) is 0.495. The number of methoxy groups -OCH3 is 2. The van der Waals surface area contributed by atoms with Crippen LogP contribution in [0.3, 0.4) is 0 Å². The van der Waals surface area contributed by atoms with Gasteiger partial charge in [-0.25, -0.2) is 9.59 Å². The molecule has 0 aliphatic carbocycles. The predicted octanol–water partition coefficient (Wildman–Crippen LogP) is 3.50. The van der Waals surface area contributed by atoms with Crippen molar-refractivity contribution in [1.82, 2.24) is 14.8 Å². The number of esters is 2. The Morgan fingerprint density at radius 3 is 2.30 bits per heavy atom. The Morgan fingerprint density at radius 2 is 1.76 bits per heavy atom. The van der Waals surface area contributed by atoms with E-state index < -0.39 is 11.9 Å². The Kier molecular flexibility index (Phi) is 7.88. The zero-order chi connectivity index (χ0) is 24.0. The summed E-state index contributed by atoms with van der Waals surface area (Å²) >= 11 is 1.22. The molecule has 3 rings (SSSR count). The van der Waals surface area contributed by atoms with Crippen molar-refractivity contribution in [1.29, 1.82) is 0 Å². The molecular weight excluding hydrogens is 448 g/mol. The summed E-state index contributed by atoms with van der Waals surface area (Å²) < 4.78 is 16.8. The highest BCUT2D eigenvalue weighted by Crippen LogP contribution is 2.26. The average molecular weight is 473 g/mol. The van der Waals surface area contributed by atoms with Gasteiger partial charge in [0.25, 0.3) is 0 Å². The van der Waals surface area contributed by atoms with Crippen molar-refractivity contribution in [2.24, 2.45) is 5.92 Å². The van der Waals surface area contributed by atoms with Gasteiger partial charge in [0, 0.05) is 12.2 Å². The summed E-state index contributed by atoms with van der Waals surface area (Å²) in [6.45, 7) is 4.79. The van der Waals surface area contributed by atoms with E-state index in [4.69, 9.17) is 13.9 Å². The van der Waals surface area contributed by atoms with Crippen LogP contribution in [-0.4, -0.2) is 52.6 Å². The fraction of sp³-hybridized carbons (Fsp3) is 0.318. The fourth-order valence-corrected chi connectivity index (χ4v) is 3.76. The Morgan fingerprint density at radius 1 is 1.09 bits per heavy atom. The lowest BCUT2D eigenvalue weighted by Crippen LogP contribution is -2.16. The number of carbonyl (C=O) groups excluding carboxylic acids is 3. The molecule has 1 aromatic carbocycles. The van der Waals surface area contributed by atoms with Crippen molar-refractivity contribution >= 4 is 35.3 Å². The lowest BCUT2D eigenvalue weighted by molar-refractivity contribution is -0.113. The van der Waals surface area contributed by atoms with E-state index in [1.54, 1.807) is 18.4 Å². The maximum Gasteiger partial charge on any atom is 0.337 e. The number of thioether (sulfide) groups is 1. The Labute approximate surface area is 194 Å². The van der Waals surface area contributed by atoms with Gasteiger partial charge in [0.2, 0.25) is 5.91 Å². The van der Waals surface area contributed by atoms with Crippen LogP contribution in [0.15, 0.2) is 46.2 Å². The highest BCUT2D eigenvalue weighted by molar-refractivity contribution is 7.99. The molecule has 174 valence electrons. The molecule has 0 aliphatic rings. The molecule has 11 heteroatoms. The smallest absolute Gasteiger partial charge is 0.337 e. The topological polar surface area (TPSA) is 126 Å². The Balaban J connectivity index is 1.75. The molecule has 0 saturated carbocycles. The fourth-order valence-electron chi connectivity index (χ4n) is 3.01. The first-order valence-corrected chi connectivity index (χ1v) is 11.0. The molecule has 1 amide bonds. The van der Waals surface area contributed by atoms with Gasteiger partial charge in [-0.05, 0) is 36.2 Å². The summed E-state index contributed by atoms with van der Waals surface area (Å²) in [7, 11) is 2.46. The Hall–Kier alpha value is -3.60. The summed E-state index contributed by atoms with van der Waals surface area (Å²) in [6.07, 6.45) is 1.56. The van der Waals surface area contributed by atoms with Gasteiger partial charge in [-0.2, -0.15) is 0 Å². The van der Waals surface area contributed by atoms with Crippen LogP contribution in [0.1, 0.15) is 34.6 Å². The molecule has 0 saturated heterocycles. The van der Waals surface area contributed by atoms with E-state index in [2.05, 4.69) is 29.4 Å². The van der Waals surface area contributed by atoms with Gasteiger partial charge in [-0.1, -0.05) is 25.6 Å². The normalized spacial score (nSPS) is 10.8. The highest BCUT2D eigenvalue weighted by atomic mass is 32.2. The lowest BCUT2D eigenvalue weighted by Gasteiger charge is -2.12. The number of benzene rings is 1. The standard InChI is InChI=1S/C22H24N4O6S/c1-13(2)11-26-19(17-6-5-7-32-17)24-25-22(26)33-12-18(27)23-16-9-14(20(28)30-3)8-15(10-16)21(29)31-4/h5-10,13H,11-12H2,1-4H3,(H,23,27). The van der Waals surface area contributed by atoms with Gasteiger partial charge < -0.3 is 19.2 Å². The first kappa shape index (κ1) is 24.1. The van der Waals surface area contributed by atoms with Crippen LogP contribution >= 0.6 is 11.8 Å². The van der Waals surface area contributed by atoms with Gasteiger partial charge in [0.15, 0.2) is 16.7 Å². The molecular formula is C22H24N4O6S. The number of carbonyl (C=O) groups is 3. The number of aromatic nitrogens is 3. The average Bonchev–Trinajstić information content (AvgIpc) is 3.46. The summed E-state index contributed by atoms with van der Waals surface area (Å²) in [6, 6.07) is 7.77. The van der Waals surface area contributed by atoms with E-state index >= 15 is 0 Å². The van der Waals surface area contributed by atoms with E-state index in [0.29, 0.717) is 29.2 Å². The van der Waals surface area contributed by atoms with Crippen LogP contribution in [0.5, 0.6) is 0 Å². The predicted molar refractivity (Wildman–Crippen MR) is 121 cm³/mol. The number of hydrogen-bond donors (Lipinski definition) is 1. The third-order valence-electron chi connectivity index (χ3n) is 4.40. The molecule has 0 bridgehead atoms. The summed E-state index contributed by atoms with van der Waals surface area (Å²) in [4.78, 5) is 36.5. The number of nitrogens with one attached hydrogen (secondary N) is 1. The molecule has 0 atom stereocenters. The van der Waals surface area contributed by atoms with Gasteiger partial charge in [0.1, 0.15) is 0 Å². The maximum atomic E-state index is 12.6. The second-order valence-corrected chi connectivity index (χ2v) is 8.35. The van der Waals surface area contributed by atoms with Crippen molar-refractivity contribution in [2.75, 3.05) is 25.3 Å². The van der Waals surface area contributed by atoms with Crippen molar-refractivity contribution < 1.29 is 28.3 Å². The van der Waals surface area contributed by atoms with E-state index in [9.17, 15) is 14.4 Å². The number of anilines is 1. The van der Waals surface area contributed by atoms with E-state index in [-0.39, 0.29) is 28.5 Å². The SMILES string of the molecule is COC(=O)c1cc(NC(=O)CSc2nnc(-c3ccco3)n2CC(C)C)cc(C(=O)OC)c1. The third-order valence-corrected chi connectivity index (χ3v) is 5.36. The zero-order valence-electron chi connectivity index (χ0n) is 18.7. The lowest BCUT2D eigenvalue weighted by atomic mass is 10.1. The number of amides is 1. The molecule has 33 heavy (non-hydrogen) atoms. The largest absolute Gasteiger partial charge is 0.465 e. The maximum absolute atomic E-state index is 12.6. The van der Waals surface area contributed by atoms with Crippen LogP contribution in [0.2, 0.25) is 0 Å². The van der Waals surface area contributed by atoms with E-state index in [1.807, 2.05) is 4.57 Å². The molecule has 1 N–H and O–H groups in total. The van der Waals surface area contributed by atoms with E-state index in [1.165, 1.54) is 44.2 Å². The van der Waals surface area contributed by atoms with Crippen molar-refractivity contribution in [3.05, 3.63) is 47.7 Å². The zero-order valence-corrected chi connectivity index (χ0v) is 19.5. The van der Waals surface area contributed by atoms with Crippen LogP contribution < -0.4 is 5.32 Å². The molecule has 10 nitrogen and oxygen atoms in total. The molecule has 0 radical (unpaired) electrons. The number of furan rings is 1. The van der Waals surface area contributed by atoms with Crippen LogP contribution in [0, 0.1) is 5.92 Å². The van der Waals surface area contributed by atoms with Crippen molar-refractivity contribution in [2.45, 2.75) is 25.5 Å². The van der Waals surface area contributed by atoms with Crippen LogP contribution in [0.25, 0.3) is 11.6 Å². The first-order chi connectivity index (χ1) is 15.8. The van der Waals surface area contributed by atoms with E-state index in [0.717, 1.165) is 0 Å². The first-order valence-electron chi connectivity index (χ1n) is 10.0. The number of rotatable bonds is 9. The summed E-state index contributed by atoms with van der Waals surface area (Å²) in [5.74, 6) is -0.0999. The molecule has 2 aromatic heterocycles. The van der Waals surface area contributed by atoms with Gasteiger partial charge in [-0.3, -0.25) is 9.36 Å². The molecule has 0 aliphatic heterocycles. The second-order valence-electron chi connectivity index (χ2n) is 7.41. The summed E-state index contributed by atoms with van der Waals surface area (Å²) in [5, 5.41) is 11.7. The van der Waals surface area contributed by atoms with Gasteiger partial charge >= 0.3 is 11.9 Å². The molecule has 0 unspecified atom stereocenters. The van der Waals surface area contributed by atoms with Crippen molar-refractivity contribution in [3.63, 3.8) is 0 Å². The number of nitrogens with zero attached hydrogens (tertiary/aromatic N) is 3. The minimum absolute atomic E-state index is 0.0321. The second kappa shape index (κ2) is 10.8. The van der Waals surface area contributed by atoms with Crippen LogP contribution in [-0.2, 0) is 20.8 Å². The molecule has 2 heterocycles. The minimum atomic E-state index is -0.641. The van der Waals surface area contributed by atoms with Crippen LogP contribution in [0.4, 0.5) is 5.69 Å². The van der Waals surface area contributed by atoms with Crippen molar-refractivity contribution in [3.8, 4) is 11.6 Å². The number of ether oxygens (including phenoxy) is 2. The number of hydrogen-bond acceptors (Lipinski definition) is 9. The third kappa shape index (κ3) is 6.01. The van der Waals surface area contributed by atoms with Gasteiger partial charge in [-0.15, -0.1) is 10.2 Å². The quantitative estimate of drug-likeness (QED) is 0.368. The molecule has 0 fully saturated rings. The minimum Gasteiger partial charge on any atom is -0.465 e. The molecule has 3 aromatic rings. The molecule has 0 spiro atoms. The monoisotopic (exact) mass is 472 g/mol. The van der Waals surface area contributed by atoms with Gasteiger partial charge in [0.05, 0.1) is 37.4 Å².